The molecule has 2 aromatic rings. The molecule has 0 aliphatic heterocycles. The zero-order chi connectivity index (χ0) is 15.9. The van der Waals surface area contributed by atoms with Crippen molar-refractivity contribution in [1.82, 2.24) is 15.3 Å². The second-order valence-corrected chi connectivity index (χ2v) is 5.75. The van der Waals surface area contributed by atoms with Crippen molar-refractivity contribution in [2.75, 3.05) is 0 Å². The minimum atomic E-state index is -0.292. The van der Waals surface area contributed by atoms with Crippen molar-refractivity contribution in [2.45, 2.75) is 46.1 Å². The fraction of sp³-hybridized carbons (Fsp3) is 0.438. The molecule has 0 bridgehead atoms. The molecule has 1 amide bonds. The van der Waals surface area contributed by atoms with Gasteiger partial charge in [0.1, 0.15) is 17.3 Å². The SMILES string of the molecule is Cc1cnc([C@H](C)NC(=O)c2c(C)oc3c2C(=O)CCC3)[nH]1. The van der Waals surface area contributed by atoms with Crippen LogP contribution in [-0.4, -0.2) is 21.7 Å². The quantitative estimate of drug-likeness (QED) is 0.912. The summed E-state index contributed by atoms with van der Waals surface area (Å²) in [6, 6.07) is -0.273. The van der Waals surface area contributed by atoms with Gasteiger partial charge in [-0.2, -0.15) is 0 Å². The van der Waals surface area contributed by atoms with Crippen LogP contribution in [0, 0.1) is 13.8 Å². The minimum Gasteiger partial charge on any atom is -0.465 e. The molecule has 3 rings (SSSR count). The molecule has 1 aliphatic carbocycles. The van der Waals surface area contributed by atoms with Gasteiger partial charge in [-0.1, -0.05) is 0 Å². The number of Topliss-reactive ketones (excluding diaryl/α,β-unsaturated/α-hetero) is 1. The number of rotatable bonds is 3. The second kappa shape index (κ2) is 5.44. The summed E-state index contributed by atoms with van der Waals surface area (Å²) in [5, 5.41) is 2.88. The molecule has 0 spiro atoms. The van der Waals surface area contributed by atoms with Gasteiger partial charge in [0.05, 0.1) is 17.2 Å². The number of hydrogen-bond acceptors (Lipinski definition) is 4. The summed E-state index contributed by atoms with van der Waals surface area (Å²) in [7, 11) is 0. The Balaban J connectivity index is 1.87. The van der Waals surface area contributed by atoms with Crippen molar-refractivity contribution >= 4 is 11.7 Å². The van der Waals surface area contributed by atoms with E-state index >= 15 is 0 Å². The molecule has 2 heterocycles. The van der Waals surface area contributed by atoms with Crippen molar-refractivity contribution in [3.05, 3.63) is 40.4 Å². The van der Waals surface area contributed by atoms with Gasteiger partial charge < -0.3 is 14.7 Å². The summed E-state index contributed by atoms with van der Waals surface area (Å²) < 4.78 is 5.61. The maximum atomic E-state index is 12.6. The van der Waals surface area contributed by atoms with Crippen LogP contribution in [0.25, 0.3) is 0 Å². The Morgan fingerprint density at radius 3 is 2.86 bits per heavy atom. The van der Waals surface area contributed by atoms with Crippen LogP contribution in [0.2, 0.25) is 0 Å². The van der Waals surface area contributed by atoms with Crippen LogP contribution in [0.15, 0.2) is 10.6 Å². The molecule has 1 atom stereocenters. The Morgan fingerprint density at radius 1 is 1.41 bits per heavy atom. The number of fused-ring (bicyclic) bond motifs is 1. The Kier molecular flexibility index (Phi) is 3.60. The van der Waals surface area contributed by atoms with E-state index in [-0.39, 0.29) is 17.7 Å². The van der Waals surface area contributed by atoms with Gasteiger partial charge in [-0.3, -0.25) is 9.59 Å². The number of furan rings is 1. The second-order valence-electron chi connectivity index (χ2n) is 5.75. The Hall–Kier alpha value is -2.37. The van der Waals surface area contributed by atoms with Crippen LogP contribution in [0.5, 0.6) is 0 Å². The zero-order valence-corrected chi connectivity index (χ0v) is 12.9. The normalized spacial score (nSPS) is 15.5. The lowest BCUT2D eigenvalue weighted by molar-refractivity contribution is 0.0917. The monoisotopic (exact) mass is 301 g/mol. The molecular formula is C16H19N3O3. The molecule has 0 saturated heterocycles. The fourth-order valence-corrected chi connectivity index (χ4v) is 2.87. The van der Waals surface area contributed by atoms with Crippen LogP contribution in [0.1, 0.15) is 69.6 Å². The van der Waals surface area contributed by atoms with Gasteiger partial charge in [0.15, 0.2) is 5.78 Å². The largest absolute Gasteiger partial charge is 0.465 e. The lowest BCUT2D eigenvalue weighted by Gasteiger charge is -2.13. The lowest BCUT2D eigenvalue weighted by Crippen LogP contribution is -2.29. The van der Waals surface area contributed by atoms with E-state index in [4.69, 9.17) is 4.42 Å². The molecule has 1 aliphatic rings. The number of aryl methyl sites for hydroxylation is 3. The summed E-state index contributed by atoms with van der Waals surface area (Å²) >= 11 is 0. The Bertz CT molecular complexity index is 742. The molecule has 0 saturated carbocycles. The zero-order valence-electron chi connectivity index (χ0n) is 12.9. The first kappa shape index (κ1) is 14.6. The van der Waals surface area contributed by atoms with Crippen molar-refractivity contribution in [3.63, 3.8) is 0 Å². The maximum absolute atomic E-state index is 12.6. The molecule has 6 heteroatoms. The van der Waals surface area contributed by atoms with Gasteiger partial charge in [-0.05, 0) is 27.2 Å². The summed E-state index contributed by atoms with van der Waals surface area (Å²) in [5.74, 6) is 1.53. The third kappa shape index (κ3) is 2.45. The van der Waals surface area contributed by atoms with E-state index in [0.717, 1.165) is 12.1 Å². The van der Waals surface area contributed by atoms with Crippen molar-refractivity contribution < 1.29 is 14.0 Å². The number of carbonyl (C=O) groups is 2. The van der Waals surface area contributed by atoms with Crippen LogP contribution in [-0.2, 0) is 6.42 Å². The fourth-order valence-electron chi connectivity index (χ4n) is 2.87. The van der Waals surface area contributed by atoms with Crippen LogP contribution in [0.3, 0.4) is 0 Å². The number of nitrogens with one attached hydrogen (secondary N) is 2. The third-order valence-electron chi connectivity index (χ3n) is 3.95. The maximum Gasteiger partial charge on any atom is 0.256 e. The number of imidazole rings is 1. The van der Waals surface area contributed by atoms with Crippen molar-refractivity contribution in [2.24, 2.45) is 0 Å². The van der Waals surface area contributed by atoms with Gasteiger partial charge in [-0.15, -0.1) is 0 Å². The molecule has 2 N–H and O–H groups in total. The molecule has 116 valence electrons. The summed E-state index contributed by atoms with van der Waals surface area (Å²) in [6.45, 7) is 5.47. The van der Waals surface area contributed by atoms with E-state index in [1.165, 1.54) is 0 Å². The molecule has 2 aromatic heterocycles. The average molecular weight is 301 g/mol. The Labute approximate surface area is 128 Å². The highest BCUT2D eigenvalue weighted by Crippen LogP contribution is 2.29. The van der Waals surface area contributed by atoms with Crippen LogP contribution >= 0.6 is 0 Å². The van der Waals surface area contributed by atoms with Gasteiger partial charge >= 0.3 is 0 Å². The molecular weight excluding hydrogens is 282 g/mol. The van der Waals surface area contributed by atoms with E-state index in [1.54, 1.807) is 13.1 Å². The highest BCUT2D eigenvalue weighted by Gasteiger charge is 2.31. The predicted octanol–water partition coefficient (Wildman–Crippen LogP) is 2.63. The lowest BCUT2D eigenvalue weighted by atomic mass is 9.93. The average Bonchev–Trinajstić information content (AvgIpc) is 3.02. The molecule has 22 heavy (non-hydrogen) atoms. The van der Waals surface area contributed by atoms with E-state index in [0.29, 0.717) is 41.3 Å². The van der Waals surface area contributed by atoms with Gasteiger partial charge in [0.25, 0.3) is 5.91 Å². The summed E-state index contributed by atoms with van der Waals surface area (Å²) in [4.78, 5) is 32.0. The first-order chi connectivity index (χ1) is 10.5. The van der Waals surface area contributed by atoms with E-state index < -0.39 is 0 Å². The third-order valence-corrected chi connectivity index (χ3v) is 3.95. The smallest absolute Gasteiger partial charge is 0.256 e. The first-order valence-electron chi connectivity index (χ1n) is 7.45. The molecule has 0 radical (unpaired) electrons. The predicted molar refractivity (Wildman–Crippen MR) is 79.9 cm³/mol. The number of aromatic nitrogens is 2. The van der Waals surface area contributed by atoms with Gasteiger partial charge in [0.2, 0.25) is 0 Å². The number of ketones is 1. The standard InChI is InChI=1S/C16H19N3O3/c1-8-7-17-15(18-8)9(2)19-16(21)13-10(3)22-12-6-4-5-11(20)14(12)13/h7,9H,4-6H2,1-3H3,(H,17,18)(H,19,21)/t9-/m0/s1. The van der Waals surface area contributed by atoms with Crippen LogP contribution < -0.4 is 5.32 Å². The van der Waals surface area contributed by atoms with Crippen molar-refractivity contribution in [3.8, 4) is 0 Å². The molecule has 6 nitrogen and oxygen atoms in total. The highest BCUT2D eigenvalue weighted by atomic mass is 16.3. The topological polar surface area (TPSA) is 88.0 Å². The van der Waals surface area contributed by atoms with E-state index in [1.807, 2.05) is 13.8 Å². The summed E-state index contributed by atoms with van der Waals surface area (Å²) in [5.41, 5.74) is 1.77. The number of amides is 1. The minimum absolute atomic E-state index is 0.00949. The molecule has 0 aromatic carbocycles. The summed E-state index contributed by atoms with van der Waals surface area (Å²) in [6.07, 6.45) is 3.68. The van der Waals surface area contributed by atoms with Crippen LogP contribution in [0.4, 0.5) is 0 Å². The molecule has 0 fully saturated rings. The molecule has 0 unspecified atom stereocenters. The number of hydrogen-bond donors (Lipinski definition) is 2. The first-order valence-corrected chi connectivity index (χ1v) is 7.45. The van der Waals surface area contributed by atoms with E-state index in [2.05, 4.69) is 15.3 Å². The van der Waals surface area contributed by atoms with Gasteiger partial charge in [-0.25, -0.2) is 4.98 Å². The highest BCUT2D eigenvalue weighted by molar-refractivity contribution is 6.10. The van der Waals surface area contributed by atoms with Crippen molar-refractivity contribution in [1.29, 1.82) is 0 Å². The van der Waals surface area contributed by atoms with Gasteiger partial charge in [0, 0.05) is 24.7 Å². The van der Waals surface area contributed by atoms with E-state index in [9.17, 15) is 9.59 Å². The number of nitrogens with zero attached hydrogens (tertiary/aromatic N) is 1. The number of H-pyrrole nitrogens is 1. The Morgan fingerprint density at radius 2 is 2.18 bits per heavy atom. The number of carbonyl (C=O) groups excluding carboxylic acids is 2. The number of aromatic amines is 1.